The van der Waals surface area contributed by atoms with Crippen LogP contribution in [-0.4, -0.2) is 26.6 Å². The predicted molar refractivity (Wildman–Crippen MR) is 80.9 cm³/mol. The van der Waals surface area contributed by atoms with Gasteiger partial charge in [0.2, 0.25) is 4.96 Å². The van der Waals surface area contributed by atoms with Gasteiger partial charge >= 0.3 is 0 Å². The molecular weight excluding hydrogens is 292 g/mol. The molecule has 0 fully saturated rings. The molecule has 0 N–H and O–H groups in total. The van der Waals surface area contributed by atoms with E-state index >= 15 is 0 Å². The SMILES string of the molecule is CC.COc1nn2cc(-c3ccccc3[N+](=O)[O-])nc2s1. The van der Waals surface area contributed by atoms with Gasteiger partial charge in [-0.1, -0.05) is 26.0 Å². The van der Waals surface area contributed by atoms with E-state index in [0.717, 1.165) is 0 Å². The van der Waals surface area contributed by atoms with Crippen molar-refractivity contribution >= 4 is 22.0 Å². The van der Waals surface area contributed by atoms with Gasteiger partial charge in [0.05, 0.1) is 29.5 Å². The van der Waals surface area contributed by atoms with Crippen LogP contribution in [0, 0.1) is 10.1 Å². The quantitative estimate of drug-likeness (QED) is 0.547. The van der Waals surface area contributed by atoms with Crippen LogP contribution in [0.15, 0.2) is 30.5 Å². The van der Waals surface area contributed by atoms with E-state index < -0.39 is 4.92 Å². The number of nitrogens with zero attached hydrogens (tertiary/aromatic N) is 4. The Labute approximate surface area is 125 Å². The van der Waals surface area contributed by atoms with Crippen LogP contribution in [0.5, 0.6) is 5.19 Å². The Hall–Kier alpha value is -2.48. The molecule has 0 saturated heterocycles. The highest BCUT2D eigenvalue weighted by molar-refractivity contribution is 7.18. The maximum atomic E-state index is 11.0. The summed E-state index contributed by atoms with van der Waals surface area (Å²) in [7, 11) is 1.53. The summed E-state index contributed by atoms with van der Waals surface area (Å²) in [6.07, 6.45) is 1.65. The van der Waals surface area contributed by atoms with Gasteiger partial charge in [-0.25, -0.2) is 9.50 Å². The summed E-state index contributed by atoms with van der Waals surface area (Å²) >= 11 is 1.28. The highest BCUT2D eigenvalue weighted by Gasteiger charge is 2.18. The number of fused-ring (bicyclic) bond motifs is 1. The standard InChI is InChI=1S/C11H8N4O3S.C2H6/c1-18-11-13-14-6-8(12-10(14)19-11)7-4-2-3-5-9(7)15(16)17;1-2/h2-6H,1H3;1-2H3. The van der Waals surface area contributed by atoms with Crippen LogP contribution < -0.4 is 4.74 Å². The summed E-state index contributed by atoms with van der Waals surface area (Å²) in [5, 5.41) is 15.6. The first-order valence-corrected chi connectivity index (χ1v) is 7.14. The molecule has 2 heterocycles. The number of methoxy groups -OCH3 is 1. The van der Waals surface area contributed by atoms with Crippen molar-refractivity contribution in [1.82, 2.24) is 14.6 Å². The van der Waals surface area contributed by atoms with Crippen molar-refractivity contribution in [2.24, 2.45) is 0 Å². The van der Waals surface area contributed by atoms with Crippen LogP contribution in [-0.2, 0) is 0 Å². The molecule has 21 heavy (non-hydrogen) atoms. The van der Waals surface area contributed by atoms with Crippen LogP contribution in [0.25, 0.3) is 16.2 Å². The summed E-state index contributed by atoms with van der Waals surface area (Å²) in [6.45, 7) is 4.00. The number of imidazole rings is 1. The normalized spacial score (nSPS) is 10.0. The molecule has 3 rings (SSSR count). The Morgan fingerprint density at radius 1 is 1.33 bits per heavy atom. The molecule has 0 amide bonds. The highest BCUT2D eigenvalue weighted by atomic mass is 32.1. The van der Waals surface area contributed by atoms with E-state index in [1.54, 1.807) is 28.9 Å². The molecule has 1 aromatic carbocycles. The van der Waals surface area contributed by atoms with Crippen molar-refractivity contribution in [2.45, 2.75) is 13.8 Å². The van der Waals surface area contributed by atoms with E-state index in [1.807, 2.05) is 13.8 Å². The first kappa shape index (κ1) is 14.9. The van der Waals surface area contributed by atoms with Gasteiger partial charge in [0.1, 0.15) is 0 Å². The number of benzene rings is 1. The van der Waals surface area contributed by atoms with E-state index in [0.29, 0.717) is 21.4 Å². The van der Waals surface area contributed by atoms with Gasteiger partial charge < -0.3 is 4.74 Å². The van der Waals surface area contributed by atoms with Crippen molar-refractivity contribution in [3.63, 3.8) is 0 Å². The average molecular weight is 306 g/mol. The fraction of sp³-hybridized carbons (Fsp3) is 0.231. The van der Waals surface area contributed by atoms with E-state index in [2.05, 4.69) is 10.1 Å². The smallest absolute Gasteiger partial charge is 0.294 e. The molecule has 0 bridgehead atoms. The Morgan fingerprint density at radius 3 is 2.67 bits per heavy atom. The minimum absolute atomic E-state index is 0.0280. The summed E-state index contributed by atoms with van der Waals surface area (Å²) in [5.41, 5.74) is 1.03. The zero-order valence-electron chi connectivity index (χ0n) is 11.8. The number of rotatable bonds is 3. The van der Waals surface area contributed by atoms with Crippen molar-refractivity contribution in [3.8, 4) is 16.5 Å². The van der Waals surface area contributed by atoms with Gasteiger partial charge in [0, 0.05) is 6.07 Å². The monoisotopic (exact) mass is 306 g/mol. The van der Waals surface area contributed by atoms with E-state index in [-0.39, 0.29) is 5.69 Å². The Kier molecular flexibility index (Phi) is 4.49. The summed E-state index contributed by atoms with van der Waals surface area (Å²) < 4.78 is 6.55. The second-order valence-corrected chi connectivity index (χ2v) is 4.62. The molecule has 0 aliphatic carbocycles. The second kappa shape index (κ2) is 6.31. The molecule has 0 saturated carbocycles. The highest BCUT2D eigenvalue weighted by Crippen LogP contribution is 2.30. The molecule has 0 atom stereocenters. The zero-order chi connectivity index (χ0) is 15.4. The van der Waals surface area contributed by atoms with Crippen molar-refractivity contribution < 1.29 is 9.66 Å². The topological polar surface area (TPSA) is 82.6 Å². The summed E-state index contributed by atoms with van der Waals surface area (Å²) in [6, 6.07) is 6.49. The van der Waals surface area contributed by atoms with Crippen LogP contribution in [0.2, 0.25) is 0 Å². The maximum Gasteiger partial charge on any atom is 0.294 e. The van der Waals surface area contributed by atoms with Crippen LogP contribution in [0.1, 0.15) is 13.8 Å². The van der Waals surface area contributed by atoms with Crippen molar-refractivity contribution in [2.75, 3.05) is 7.11 Å². The third-order valence-electron chi connectivity index (χ3n) is 2.58. The number of para-hydroxylation sites is 1. The Bertz CT molecular complexity index is 734. The van der Waals surface area contributed by atoms with Crippen molar-refractivity contribution in [3.05, 3.63) is 40.6 Å². The third-order valence-corrected chi connectivity index (χ3v) is 3.46. The summed E-state index contributed by atoms with van der Waals surface area (Å²) in [5.74, 6) is 0. The molecule has 8 heteroatoms. The van der Waals surface area contributed by atoms with E-state index in [1.165, 1.54) is 24.5 Å². The lowest BCUT2D eigenvalue weighted by Crippen LogP contribution is -1.91. The zero-order valence-corrected chi connectivity index (χ0v) is 12.6. The van der Waals surface area contributed by atoms with Crippen LogP contribution in [0.3, 0.4) is 0 Å². The second-order valence-electron chi connectivity index (χ2n) is 3.70. The van der Waals surface area contributed by atoms with Crippen LogP contribution >= 0.6 is 11.3 Å². The van der Waals surface area contributed by atoms with Gasteiger partial charge in [0.15, 0.2) is 0 Å². The predicted octanol–water partition coefficient (Wildman–Crippen LogP) is 3.40. The third kappa shape index (κ3) is 2.84. The summed E-state index contributed by atoms with van der Waals surface area (Å²) in [4.78, 5) is 15.5. The minimum Gasteiger partial charge on any atom is -0.472 e. The molecule has 7 nitrogen and oxygen atoms in total. The van der Waals surface area contributed by atoms with E-state index in [4.69, 9.17) is 4.74 Å². The van der Waals surface area contributed by atoms with Crippen LogP contribution in [0.4, 0.5) is 5.69 Å². The largest absolute Gasteiger partial charge is 0.472 e. The Balaban J connectivity index is 0.000000774. The Morgan fingerprint density at radius 2 is 2.05 bits per heavy atom. The molecule has 110 valence electrons. The number of nitro groups is 1. The fourth-order valence-electron chi connectivity index (χ4n) is 1.74. The molecule has 0 unspecified atom stereocenters. The van der Waals surface area contributed by atoms with Gasteiger partial charge in [-0.15, -0.1) is 5.10 Å². The lowest BCUT2D eigenvalue weighted by molar-refractivity contribution is -0.384. The van der Waals surface area contributed by atoms with Gasteiger partial charge in [-0.05, 0) is 17.4 Å². The number of nitro benzene ring substituents is 1. The number of hydrogen-bond acceptors (Lipinski definition) is 6. The molecule has 0 radical (unpaired) electrons. The lowest BCUT2D eigenvalue weighted by atomic mass is 10.1. The number of hydrogen-bond donors (Lipinski definition) is 0. The molecule has 3 aromatic rings. The molecular formula is C13H14N4O3S. The van der Waals surface area contributed by atoms with Crippen molar-refractivity contribution in [1.29, 1.82) is 0 Å². The minimum atomic E-state index is -0.420. The fourth-order valence-corrected chi connectivity index (χ4v) is 2.44. The van der Waals surface area contributed by atoms with Gasteiger partial charge in [0.25, 0.3) is 10.9 Å². The first-order chi connectivity index (χ1) is 10.2. The van der Waals surface area contributed by atoms with E-state index in [9.17, 15) is 10.1 Å². The van der Waals surface area contributed by atoms with Gasteiger partial charge in [-0.2, -0.15) is 0 Å². The average Bonchev–Trinajstić information content (AvgIpc) is 3.07. The molecule has 0 aliphatic heterocycles. The van der Waals surface area contributed by atoms with Gasteiger partial charge in [-0.3, -0.25) is 10.1 Å². The first-order valence-electron chi connectivity index (χ1n) is 6.33. The number of ether oxygens (including phenoxy) is 1. The molecule has 0 spiro atoms. The molecule has 0 aliphatic rings. The molecule has 2 aromatic heterocycles. The lowest BCUT2D eigenvalue weighted by Gasteiger charge is -1.97. The maximum absolute atomic E-state index is 11.0. The number of aromatic nitrogens is 3.